The molecule has 2 aromatic heterocycles. The predicted octanol–water partition coefficient (Wildman–Crippen LogP) is 2.92. The lowest BCUT2D eigenvalue weighted by Gasteiger charge is -2.41. The molecule has 1 aliphatic rings. The summed E-state index contributed by atoms with van der Waals surface area (Å²) >= 11 is 0. The molecule has 1 saturated heterocycles. The molecule has 0 bridgehead atoms. The van der Waals surface area contributed by atoms with E-state index >= 15 is 0 Å². The van der Waals surface area contributed by atoms with Crippen LogP contribution >= 0.6 is 0 Å². The highest BCUT2D eigenvalue weighted by Gasteiger charge is 2.27. The van der Waals surface area contributed by atoms with Crippen LogP contribution in [0.4, 0.5) is 5.69 Å². The zero-order valence-electron chi connectivity index (χ0n) is 21.0. The van der Waals surface area contributed by atoms with Gasteiger partial charge in [-0.25, -0.2) is 9.20 Å². The van der Waals surface area contributed by atoms with Crippen molar-refractivity contribution in [3.8, 4) is 17.0 Å². The third kappa shape index (κ3) is 4.44. The topological polar surface area (TPSA) is 85.0 Å². The zero-order chi connectivity index (χ0) is 25.4. The van der Waals surface area contributed by atoms with Gasteiger partial charge in [-0.15, -0.1) is 0 Å². The van der Waals surface area contributed by atoms with Gasteiger partial charge in [-0.3, -0.25) is 9.59 Å². The van der Waals surface area contributed by atoms with Gasteiger partial charge in [0.1, 0.15) is 23.6 Å². The van der Waals surface area contributed by atoms with E-state index < -0.39 is 0 Å². The number of hydrogen-bond acceptors (Lipinski definition) is 6. The first-order valence-corrected chi connectivity index (χ1v) is 12.1. The van der Waals surface area contributed by atoms with Crippen molar-refractivity contribution in [3.05, 3.63) is 76.3 Å². The van der Waals surface area contributed by atoms with Crippen molar-refractivity contribution in [1.82, 2.24) is 24.3 Å². The zero-order valence-corrected chi connectivity index (χ0v) is 21.0. The minimum atomic E-state index is -0.340. The number of ether oxygens (including phenoxy) is 1. The number of amides is 1. The monoisotopic (exact) mass is 486 g/mol. The van der Waals surface area contributed by atoms with E-state index in [9.17, 15) is 9.59 Å². The molecule has 0 spiro atoms. The molecule has 9 nitrogen and oxygen atoms in total. The minimum absolute atomic E-state index is 0.101. The number of carbonyl (C=O) groups excluding carboxylic acids is 1. The molecule has 0 saturated carbocycles. The van der Waals surface area contributed by atoms with Crippen molar-refractivity contribution < 1.29 is 9.53 Å². The summed E-state index contributed by atoms with van der Waals surface area (Å²) in [6, 6.07) is 17.8. The second-order valence-electron chi connectivity index (χ2n) is 9.29. The van der Waals surface area contributed by atoms with Gasteiger partial charge in [0.2, 0.25) is 5.91 Å². The molecule has 36 heavy (non-hydrogen) atoms. The summed E-state index contributed by atoms with van der Waals surface area (Å²) in [5.74, 6) is 1.17. The van der Waals surface area contributed by atoms with E-state index in [1.807, 2.05) is 29.2 Å². The number of fused-ring (bicyclic) bond motifs is 1. The van der Waals surface area contributed by atoms with Gasteiger partial charge >= 0.3 is 0 Å². The number of carbonyl (C=O) groups is 1. The molecule has 0 aliphatic carbocycles. The average Bonchev–Trinajstić information content (AvgIpc) is 3.33. The Morgan fingerprint density at radius 3 is 2.53 bits per heavy atom. The minimum Gasteiger partial charge on any atom is -0.497 e. The van der Waals surface area contributed by atoms with Gasteiger partial charge in [0.15, 0.2) is 0 Å². The molecular formula is C27H30N6O3. The normalized spacial score (nSPS) is 15.9. The average molecular weight is 487 g/mol. The first-order chi connectivity index (χ1) is 17.3. The fourth-order valence-corrected chi connectivity index (χ4v) is 4.79. The molecule has 0 N–H and O–H groups in total. The number of anilines is 1. The van der Waals surface area contributed by atoms with Crippen LogP contribution < -0.4 is 15.2 Å². The summed E-state index contributed by atoms with van der Waals surface area (Å²) in [6.45, 7) is 7.81. The molecule has 1 aliphatic heterocycles. The summed E-state index contributed by atoms with van der Waals surface area (Å²) in [4.78, 5) is 30.5. The third-order valence-corrected chi connectivity index (χ3v) is 6.72. The van der Waals surface area contributed by atoms with E-state index in [2.05, 4.69) is 53.2 Å². The summed E-state index contributed by atoms with van der Waals surface area (Å²) in [7, 11) is 1.61. The molecule has 0 unspecified atom stereocenters. The lowest BCUT2D eigenvalue weighted by molar-refractivity contribution is -0.132. The fourth-order valence-electron chi connectivity index (χ4n) is 4.79. The second-order valence-corrected chi connectivity index (χ2v) is 9.29. The van der Waals surface area contributed by atoms with Gasteiger partial charge in [0.05, 0.1) is 12.8 Å². The van der Waals surface area contributed by atoms with Crippen LogP contribution in [0, 0.1) is 13.8 Å². The number of nitrogens with zero attached hydrogens (tertiary/aromatic N) is 6. The van der Waals surface area contributed by atoms with Crippen molar-refractivity contribution in [3.63, 3.8) is 0 Å². The molecule has 2 aromatic carbocycles. The quantitative estimate of drug-likeness (QED) is 0.431. The number of hydrogen-bond donors (Lipinski definition) is 0. The van der Waals surface area contributed by atoms with Gasteiger partial charge in [0.25, 0.3) is 5.56 Å². The van der Waals surface area contributed by atoms with Gasteiger partial charge in [-0.05, 0) is 68.8 Å². The fraction of sp³-hybridized carbons (Fsp3) is 0.333. The number of benzene rings is 2. The van der Waals surface area contributed by atoms with Crippen molar-refractivity contribution in [2.45, 2.75) is 33.4 Å². The Hall–Kier alpha value is -4.14. The number of aryl methyl sites for hydroxylation is 2. The van der Waals surface area contributed by atoms with Crippen LogP contribution in [0.3, 0.4) is 0 Å². The van der Waals surface area contributed by atoms with Crippen molar-refractivity contribution in [1.29, 1.82) is 0 Å². The van der Waals surface area contributed by atoms with E-state index in [0.717, 1.165) is 17.9 Å². The molecule has 1 amide bonds. The van der Waals surface area contributed by atoms with E-state index in [1.54, 1.807) is 20.1 Å². The van der Waals surface area contributed by atoms with Crippen molar-refractivity contribution >= 4 is 17.1 Å². The van der Waals surface area contributed by atoms with Crippen molar-refractivity contribution in [2.24, 2.45) is 0 Å². The summed E-state index contributed by atoms with van der Waals surface area (Å²) in [5.41, 5.74) is 3.95. The predicted molar refractivity (Wildman–Crippen MR) is 139 cm³/mol. The molecule has 1 atom stereocenters. The van der Waals surface area contributed by atoms with E-state index in [4.69, 9.17) is 4.74 Å². The van der Waals surface area contributed by atoms with Crippen LogP contribution in [0.25, 0.3) is 16.8 Å². The molecular weight excluding hydrogens is 456 g/mol. The Labute approximate surface area is 209 Å². The standard InChI is InChI=1S/C27H30N6O3/c1-18-6-5-7-22(14-18)31-13-12-30(16-19(31)2)26(34)17-32-27(35)25-15-24(29-33(25)20(3)28-32)21-8-10-23(36-4)11-9-21/h5-11,14-15,19H,12-13,16-17H2,1-4H3/t19-/m1/s1. The van der Waals surface area contributed by atoms with Crippen LogP contribution in [-0.2, 0) is 11.3 Å². The number of methoxy groups -OCH3 is 1. The Morgan fingerprint density at radius 1 is 1.06 bits per heavy atom. The van der Waals surface area contributed by atoms with Crippen LogP contribution in [0.2, 0.25) is 0 Å². The van der Waals surface area contributed by atoms with Gasteiger partial charge < -0.3 is 14.5 Å². The lowest BCUT2D eigenvalue weighted by atomic mass is 10.1. The number of piperazine rings is 1. The van der Waals surface area contributed by atoms with E-state index in [0.29, 0.717) is 30.1 Å². The molecule has 186 valence electrons. The molecule has 4 aromatic rings. The Balaban J connectivity index is 1.34. The number of aromatic nitrogens is 4. The third-order valence-electron chi connectivity index (χ3n) is 6.72. The number of rotatable bonds is 5. The molecule has 0 radical (unpaired) electrons. The maximum atomic E-state index is 13.2. The highest BCUT2D eigenvalue weighted by Crippen LogP contribution is 2.23. The van der Waals surface area contributed by atoms with Crippen molar-refractivity contribution in [2.75, 3.05) is 31.6 Å². The summed E-state index contributed by atoms with van der Waals surface area (Å²) in [6.07, 6.45) is 0. The second kappa shape index (κ2) is 9.49. The van der Waals surface area contributed by atoms with Gasteiger partial charge in [0, 0.05) is 36.9 Å². The van der Waals surface area contributed by atoms with Gasteiger partial charge in [-0.1, -0.05) is 12.1 Å². The van der Waals surface area contributed by atoms with E-state index in [1.165, 1.54) is 20.4 Å². The Bertz CT molecular complexity index is 1470. The summed E-state index contributed by atoms with van der Waals surface area (Å²) in [5, 5.41) is 8.95. The molecule has 1 fully saturated rings. The first kappa shape index (κ1) is 23.6. The smallest absolute Gasteiger partial charge is 0.293 e. The lowest BCUT2D eigenvalue weighted by Crippen LogP contribution is -2.54. The van der Waals surface area contributed by atoms with E-state index in [-0.39, 0.29) is 24.1 Å². The maximum absolute atomic E-state index is 13.2. The highest BCUT2D eigenvalue weighted by atomic mass is 16.5. The maximum Gasteiger partial charge on any atom is 0.293 e. The first-order valence-electron chi connectivity index (χ1n) is 12.1. The van der Waals surface area contributed by atoms with Crippen LogP contribution in [0.1, 0.15) is 18.3 Å². The van der Waals surface area contributed by atoms with Crippen LogP contribution in [0.15, 0.2) is 59.4 Å². The molecule has 5 rings (SSSR count). The SMILES string of the molecule is COc1ccc(-c2cc3c(=O)n(CC(=O)N4CCN(c5cccc(C)c5)[C@H](C)C4)nc(C)n3n2)cc1. The largest absolute Gasteiger partial charge is 0.497 e. The van der Waals surface area contributed by atoms with Gasteiger partial charge in [-0.2, -0.15) is 10.2 Å². The highest BCUT2D eigenvalue weighted by molar-refractivity contribution is 5.76. The Kier molecular flexibility index (Phi) is 6.22. The van der Waals surface area contributed by atoms with Crippen LogP contribution in [0.5, 0.6) is 5.75 Å². The molecule has 9 heteroatoms. The summed E-state index contributed by atoms with van der Waals surface area (Å²) < 4.78 is 8.00. The Morgan fingerprint density at radius 2 is 1.83 bits per heavy atom. The van der Waals surface area contributed by atoms with Crippen LogP contribution in [-0.4, -0.2) is 63.0 Å². The molecule has 3 heterocycles.